The standard InChI is InChI=1S/C28H33ClF3N3O2/c1-18-2-5-23(12-26(18)28(30,31)32)33-22-6-10-25(11-7-22)37-17-27(36)35-15-19-13-34(14-20(19)16-35)24-8-3-21(29)4-9-24/h2-5,8-9,12,19-20,22,25,33H,6-7,10-11,13-17H2,1H3. The number of ether oxygens (including phenoxy) is 1. The van der Waals surface area contributed by atoms with Crippen molar-refractivity contribution in [2.24, 2.45) is 11.8 Å². The van der Waals surface area contributed by atoms with Gasteiger partial charge in [-0.2, -0.15) is 13.2 Å². The Morgan fingerprint density at radius 3 is 2.27 bits per heavy atom. The third-order valence-corrected chi connectivity index (χ3v) is 8.31. The van der Waals surface area contributed by atoms with Gasteiger partial charge in [-0.1, -0.05) is 17.7 Å². The van der Waals surface area contributed by atoms with Crippen molar-refractivity contribution in [1.29, 1.82) is 0 Å². The Kier molecular flexibility index (Phi) is 7.59. The Morgan fingerprint density at radius 2 is 1.65 bits per heavy atom. The van der Waals surface area contributed by atoms with Gasteiger partial charge in [0, 0.05) is 60.5 Å². The lowest BCUT2D eigenvalue weighted by Crippen LogP contribution is -2.37. The predicted molar refractivity (Wildman–Crippen MR) is 139 cm³/mol. The normalized spacial score (nSPS) is 25.9. The summed E-state index contributed by atoms with van der Waals surface area (Å²) in [5.41, 5.74) is 1.29. The summed E-state index contributed by atoms with van der Waals surface area (Å²) in [6, 6.07) is 12.4. The van der Waals surface area contributed by atoms with Crippen molar-refractivity contribution in [3.05, 3.63) is 58.6 Å². The molecule has 2 unspecified atom stereocenters. The average molecular weight is 536 g/mol. The molecule has 2 aliphatic heterocycles. The first kappa shape index (κ1) is 26.2. The van der Waals surface area contributed by atoms with Crippen LogP contribution in [0.3, 0.4) is 0 Å². The second-order valence-electron chi connectivity index (χ2n) is 10.7. The van der Waals surface area contributed by atoms with Gasteiger partial charge in [0.2, 0.25) is 5.91 Å². The molecule has 3 fully saturated rings. The van der Waals surface area contributed by atoms with Crippen LogP contribution in [0.4, 0.5) is 24.5 Å². The van der Waals surface area contributed by atoms with Crippen LogP contribution in [-0.2, 0) is 15.7 Å². The third kappa shape index (κ3) is 6.17. The van der Waals surface area contributed by atoms with Gasteiger partial charge < -0.3 is 19.9 Å². The average Bonchev–Trinajstić information content (AvgIpc) is 3.44. The van der Waals surface area contributed by atoms with Gasteiger partial charge in [0.05, 0.1) is 11.7 Å². The molecule has 2 aromatic rings. The summed E-state index contributed by atoms with van der Waals surface area (Å²) in [5, 5.41) is 3.98. The molecule has 200 valence electrons. The molecule has 9 heteroatoms. The van der Waals surface area contributed by atoms with Crippen molar-refractivity contribution in [3.63, 3.8) is 0 Å². The fraction of sp³-hybridized carbons (Fsp3) is 0.536. The highest BCUT2D eigenvalue weighted by molar-refractivity contribution is 6.30. The summed E-state index contributed by atoms with van der Waals surface area (Å²) < 4.78 is 45.6. The number of aryl methyl sites for hydroxylation is 1. The minimum Gasteiger partial charge on any atom is -0.382 e. The molecule has 1 saturated carbocycles. The fourth-order valence-corrected chi connectivity index (χ4v) is 6.09. The summed E-state index contributed by atoms with van der Waals surface area (Å²) in [5.74, 6) is 0.994. The minimum absolute atomic E-state index is 0.00764. The minimum atomic E-state index is -4.36. The number of anilines is 2. The van der Waals surface area contributed by atoms with Crippen molar-refractivity contribution in [3.8, 4) is 0 Å². The maximum Gasteiger partial charge on any atom is 0.416 e. The van der Waals surface area contributed by atoms with Crippen LogP contribution in [0.25, 0.3) is 0 Å². The number of rotatable bonds is 6. The number of carbonyl (C=O) groups excluding carboxylic acids is 1. The molecule has 1 N–H and O–H groups in total. The van der Waals surface area contributed by atoms with Crippen LogP contribution < -0.4 is 10.2 Å². The zero-order valence-corrected chi connectivity index (χ0v) is 21.7. The van der Waals surface area contributed by atoms with E-state index < -0.39 is 11.7 Å². The van der Waals surface area contributed by atoms with Crippen molar-refractivity contribution in [2.75, 3.05) is 43.0 Å². The number of carbonyl (C=O) groups is 1. The van der Waals surface area contributed by atoms with E-state index in [-0.39, 0.29) is 30.2 Å². The van der Waals surface area contributed by atoms with E-state index in [0.29, 0.717) is 17.5 Å². The molecule has 2 aromatic carbocycles. The van der Waals surface area contributed by atoms with Gasteiger partial charge in [-0.15, -0.1) is 0 Å². The largest absolute Gasteiger partial charge is 0.416 e. The number of nitrogens with one attached hydrogen (secondary N) is 1. The predicted octanol–water partition coefficient (Wildman–Crippen LogP) is 6.00. The fourth-order valence-electron chi connectivity index (χ4n) is 5.97. The molecule has 0 spiro atoms. The molecular formula is C28H33ClF3N3O2. The van der Waals surface area contributed by atoms with Crippen LogP contribution >= 0.6 is 11.6 Å². The molecule has 0 bridgehead atoms. The Labute approximate surface area is 220 Å². The molecule has 2 saturated heterocycles. The number of alkyl halides is 3. The first-order valence-electron chi connectivity index (χ1n) is 13.0. The van der Waals surface area contributed by atoms with Crippen LogP contribution in [0.5, 0.6) is 0 Å². The van der Waals surface area contributed by atoms with E-state index in [2.05, 4.69) is 10.2 Å². The number of likely N-dealkylation sites (tertiary alicyclic amines) is 1. The van der Waals surface area contributed by atoms with Crippen molar-refractivity contribution < 1.29 is 22.7 Å². The molecule has 5 nitrogen and oxygen atoms in total. The number of nitrogens with zero attached hydrogens (tertiary/aromatic N) is 2. The molecule has 0 aromatic heterocycles. The van der Waals surface area contributed by atoms with Gasteiger partial charge in [0.25, 0.3) is 0 Å². The molecule has 1 aliphatic carbocycles. The number of benzene rings is 2. The lowest BCUT2D eigenvalue weighted by molar-refractivity contribution is -0.138. The molecule has 0 radical (unpaired) electrons. The Bertz CT molecular complexity index is 1090. The van der Waals surface area contributed by atoms with E-state index in [1.807, 2.05) is 29.2 Å². The SMILES string of the molecule is Cc1ccc(NC2CCC(OCC(=O)N3CC4CN(c5ccc(Cl)cc5)CC4C3)CC2)cc1C(F)(F)F. The van der Waals surface area contributed by atoms with E-state index >= 15 is 0 Å². The van der Waals surface area contributed by atoms with Crippen LogP contribution in [0, 0.1) is 18.8 Å². The van der Waals surface area contributed by atoms with Gasteiger partial charge >= 0.3 is 6.18 Å². The van der Waals surface area contributed by atoms with E-state index in [1.54, 1.807) is 6.07 Å². The van der Waals surface area contributed by atoms with Gasteiger partial charge in [0.1, 0.15) is 6.61 Å². The molecular weight excluding hydrogens is 503 g/mol. The first-order chi connectivity index (χ1) is 17.7. The number of amides is 1. The highest BCUT2D eigenvalue weighted by Gasteiger charge is 2.41. The third-order valence-electron chi connectivity index (χ3n) is 8.06. The number of halogens is 4. The molecule has 5 rings (SSSR count). The first-order valence-corrected chi connectivity index (χ1v) is 13.4. The molecule has 2 heterocycles. The van der Waals surface area contributed by atoms with Crippen LogP contribution in [0.15, 0.2) is 42.5 Å². The summed E-state index contributed by atoms with van der Waals surface area (Å²) in [7, 11) is 0. The number of hydrogen-bond acceptors (Lipinski definition) is 4. The summed E-state index contributed by atoms with van der Waals surface area (Å²) in [6.45, 7) is 4.99. The van der Waals surface area contributed by atoms with E-state index in [4.69, 9.17) is 16.3 Å². The number of fused-ring (bicyclic) bond motifs is 1. The second-order valence-corrected chi connectivity index (χ2v) is 11.1. The molecule has 2 atom stereocenters. The van der Waals surface area contributed by atoms with Gasteiger partial charge in [-0.05, 0) is 74.6 Å². The number of hydrogen-bond donors (Lipinski definition) is 1. The van der Waals surface area contributed by atoms with E-state index in [9.17, 15) is 18.0 Å². The van der Waals surface area contributed by atoms with Crippen molar-refractivity contribution in [1.82, 2.24) is 4.90 Å². The monoisotopic (exact) mass is 535 g/mol. The Hall–Kier alpha value is -2.45. The summed E-state index contributed by atoms with van der Waals surface area (Å²) in [4.78, 5) is 17.1. The lowest BCUT2D eigenvalue weighted by atomic mass is 9.92. The lowest BCUT2D eigenvalue weighted by Gasteiger charge is -2.30. The van der Waals surface area contributed by atoms with E-state index in [1.165, 1.54) is 24.7 Å². The highest BCUT2D eigenvalue weighted by Crippen LogP contribution is 2.36. The van der Waals surface area contributed by atoms with Gasteiger partial charge in [-0.3, -0.25) is 4.79 Å². The summed E-state index contributed by atoms with van der Waals surface area (Å²) in [6.07, 6.45) is -1.20. The Balaban J connectivity index is 1.03. The zero-order chi connectivity index (χ0) is 26.2. The van der Waals surface area contributed by atoms with Crippen LogP contribution in [0.1, 0.15) is 36.8 Å². The van der Waals surface area contributed by atoms with Gasteiger partial charge in [0.15, 0.2) is 0 Å². The van der Waals surface area contributed by atoms with E-state index in [0.717, 1.165) is 56.9 Å². The smallest absolute Gasteiger partial charge is 0.382 e. The zero-order valence-electron chi connectivity index (χ0n) is 20.9. The quantitative estimate of drug-likeness (QED) is 0.492. The molecule has 3 aliphatic rings. The maximum atomic E-state index is 13.2. The van der Waals surface area contributed by atoms with Crippen LogP contribution in [-0.4, -0.2) is 55.7 Å². The van der Waals surface area contributed by atoms with Crippen LogP contribution in [0.2, 0.25) is 5.02 Å². The van der Waals surface area contributed by atoms with Crippen molar-refractivity contribution >= 4 is 28.9 Å². The highest BCUT2D eigenvalue weighted by atomic mass is 35.5. The molecule has 1 amide bonds. The Morgan fingerprint density at radius 1 is 1.00 bits per heavy atom. The summed E-state index contributed by atoms with van der Waals surface area (Å²) >= 11 is 6.01. The topological polar surface area (TPSA) is 44.8 Å². The molecule has 37 heavy (non-hydrogen) atoms. The maximum absolute atomic E-state index is 13.2. The second kappa shape index (κ2) is 10.7. The van der Waals surface area contributed by atoms with Crippen molar-refractivity contribution in [2.45, 2.75) is 50.9 Å². The van der Waals surface area contributed by atoms with Gasteiger partial charge in [-0.25, -0.2) is 0 Å².